The summed E-state index contributed by atoms with van der Waals surface area (Å²) in [5.74, 6) is 0.329. The second-order valence-electron chi connectivity index (χ2n) is 8.51. The summed E-state index contributed by atoms with van der Waals surface area (Å²) in [5, 5.41) is 1.83. The Hall–Kier alpha value is -1.86. The van der Waals surface area contributed by atoms with Crippen LogP contribution in [0, 0.1) is 0 Å². The smallest absolute Gasteiger partial charge is 0.332 e. The van der Waals surface area contributed by atoms with Gasteiger partial charge in [-0.05, 0) is 66.0 Å². The number of hydrogen-bond acceptors (Lipinski definition) is 7. The molecule has 0 saturated heterocycles. The Labute approximate surface area is 207 Å². The summed E-state index contributed by atoms with van der Waals surface area (Å²) in [4.78, 5) is 27.0. The molecule has 188 valence electrons. The molecule has 34 heavy (non-hydrogen) atoms. The van der Waals surface area contributed by atoms with Crippen LogP contribution in [-0.2, 0) is 23.2 Å². The zero-order valence-corrected chi connectivity index (χ0v) is 22.8. The van der Waals surface area contributed by atoms with Crippen LogP contribution in [-0.4, -0.2) is 42.7 Å². The fourth-order valence-corrected chi connectivity index (χ4v) is 5.91. The number of thioether (sulfide) groups is 1. The molecule has 0 N–H and O–H groups in total. The minimum atomic E-state index is -3.25. The monoisotopic (exact) mass is 509 g/mol. The van der Waals surface area contributed by atoms with Crippen molar-refractivity contribution in [3.05, 3.63) is 45.3 Å². The van der Waals surface area contributed by atoms with Gasteiger partial charge in [-0.1, -0.05) is 39.5 Å². The number of hydrogen-bond donors (Lipinski definition) is 0. The van der Waals surface area contributed by atoms with Gasteiger partial charge in [0.1, 0.15) is 5.75 Å². The van der Waals surface area contributed by atoms with Gasteiger partial charge >= 0.3 is 13.6 Å². The van der Waals surface area contributed by atoms with Crippen molar-refractivity contribution in [3.63, 3.8) is 0 Å². The van der Waals surface area contributed by atoms with E-state index in [-0.39, 0.29) is 49.6 Å². The van der Waals surface area contributed by atoms with Crippen LogP contribution in [0.15, 0.2) is 28.6 Å². The molecule has 1 aliphatic heterocycles. The highest BCUT2D eigenvalue weighted by Crippen LogP contribution is 2.48. The van der Waals surface area contributed by atoms with Crippen molar-refractivity contribution in [3.8, 4) is 5.75 Å². The molecule has 0 atom stereocenters. The number of nitrogens with zero attached hydrogens (tertiary/aromatic N) is 1. The molecule has 1 aromatic carbocycles. The third kappa shape index (κ3) is 7.57. The number of ether oxygens (including phenoxy) is 1. The van der Waals surface area contributed by atoms with Crippen molar-refractivity contribution in [1.29, 1.82) is 0 Å². The highest BCUT2D eigenvalue weighted by Gasteiger charge is 2.28. The lowest BCUT2D eigenvalue weighted by Gasteiger charge is -2.25. The Morgan fingerprint density at radius 2 is 1.65 bits per heavy atom. The highest BCUT2D eigenvalue weighted by atomic mass is 32.2. The summed E-state index contributed by atoms with van der Waals surface area (Å²) in [7, 11) is -3.25. The molecule has 1 amide bonds. The maximum absolute atomic E-state index is 13.2. The Kier molecular flexibility index (Phi) is 10.6. The lowest BCUT2D eigenvalue weighted by molar-refractivity contribution is -0.132. The SMILES string of the molecule is CCOP(=O)(CCN1C=CSC(=Cc2cc(C(C)C)c(OC(C)=O)c(C(C)C)c2)C1=O)OCC. The van der Waals surface area contributed by atoms with Crippen molar-refractivity contribution < 1.29 is 27.9 Å². The summed E-state index contributed by atoms with van der Waals surface area (Å²) in [6, 6.07) is 3.94. The second-order valence-corrected chi connectivity index (χ2v) is 11.6. The van der Waals surface area contributed by atoms with Gasteiger partial charge in [0, 0.05) is 19.7 Å². The summed E-state index contributed by atoms with van der Waals surface area (Å²) in [6.45, 7) is 13.9. The number of amides is 1. The van der Waals surface area contributed by atoms with Crippen LogP contribution in [0.2, 0.25) is 0 Å². The zero-order chi connectivity index (χ0) is 25.5. The van der Waals surface area contributed by atoms with Crippen molar-refractivity contribution in [2.75, 3.05) is 25.9 Å². The largest absolute Gasteiger partial charge is 0.426 e. The topological polar surface area (TPSA) is 82.1 Å². The van der Waals surface area contributed by atoms with Gasteiger partial charge in [0.15, 0.2) is 0 Å². The molecule has 0 unspecified atom stereocenters. The third-order valence-corrected chi connectivity index (χ3v) is 7.99. The minimum Gasteiger partial charge on any atom is -0.426 e. The van der Waals surface area contributed by atoms with Gasteiger partial charge in [0.25, 0.3) is 5.91 Å². The molecule has 0 aromatic heterocycles. The zero-order valence-electron chi connectivity index (χ0n) is 21.1. The van der Waals surface area contributed by atoms with E-state index >= 15 is 0 Å². The molecule has 0 bridgehead atoms. The molecule has 9 heteroatoms. The molecule has 0 fully saturated rings. The Morgan fingerprint density at radius 3 is 2.12 bits per heavy atom. The minimum absolute atomic E-state index is 0.120. The predicted molar refractivity (Wildman–Crippen MR) is 138 cm³/mol. The number of benzene rings is 1. The molecule has 0 radical (unpaired) electrons. The number of carbonyl (C=O) groups excluding carboxylic acids is 2. The van der Waals surface area contributed by atoms with Gasteiger partial charge in [0.2, 0.25) is 0 Å². The fraction of sp³-hybridized carbons (Fsp3) is 0.520. The lowest BCUT2D eigenvalue weighted by atomic mass is 9.91. The van der Waals surface area contributed by atoms with Crippen LogP contribution in [0.5, 0.6) is 5.75 Å². The first kappa shape index (κ1) is 28.4. The van der Waals surface area contributed by atoms with Crippen molar-refractivity contribution >= 4 is 37.3 Å². The van der Waals surface area contributed by atoms with Crippen LogP contribution >= 0.6 is 19.4 Å². The van der Waals surface area contributed by atoms with E-state index < -0.39 is 7.60 Å². The average Bonchev–Trinajstić information content (AvgIpc) is 2.74. The van der Waals surface area contributed by atoms with Gasteiger partial charge in [-0.3, -0.25) is 14.2 Å². The Morgan fingerprint density at radius 1 is 1.09 bits per heavy atom. The van der Waals surface area contributed by atoms with E-state index in [1.165, 1.54) is 23.6 Å². The Bertz CT molecular complexity index is 962. The first-order valence-electron chi connectivity index (χ1n) is 11.6. The number of rotatable bonds is 11. The van der Waals surface area contributed by atoms with Crippen LogP contribution in [0.3, 0.4) is 0 Å². The van der Waals surface area contributed by atoms with E-state index in [1.54, 1.807) is 20.0 Å². The third-order valence-electron chi connectivity index (χ3n) is 5.13. The van der Waals surface area contributed by atoms with Crippen LogP contribution in [0.4, 0.5) is 0 Å². The van der Waals surface area contributed by atoms with Crippen LogP contribution < -0.4 is 4.74 Å². The van der Waals surface area contributed by atoms with E-state index in [9.17, 15) is 14.2 Å². The molecular formula is C25H36NO6PS. The summed E-state index contributed by atoms with van der Waals surface area (Å²) in [5.41, 5.74) is 2.70. The predicted octanol–water partition coefficient (Wildman–Crippen LogP) is 6.51. The van der Waals surface area contributed by atoms with Crippen LogP contribution in [0.25, 0.3) is 6.08 Å². The van der Waals surface area contributed by atoms with E-state index in [0.717, 1.165) is 16.7 Å². The maximum Gasteiger partial charge on any atom is 0.332 e. The first-order valence-corrected chi connectivity index (χ1v) is 14.2. The van der Waals surface area contributed by atoms with E-state index in [0.29, 0.717) is 10.7 Å². The van der Waals surface area contributed by atoms with Gasteiger partial charge < -0.3 is 18.7 Å². The lowest BCUT2D eigenvalue weighted by Crippen LogP contribution is -2.31. The van der Waals surface area contributed by atoms with E-state index in [2.05, 4.69) is 0 Å². The van der Waals surface area contributed by atoms with Gasteiger partial charge in [-0.15, -0.1) is 0 Å². The van der Waals surface area contributed by atoms with Crippen LogP contribution in [0.1, 0.15) is 77.0 Å². The van der Waals surface area contributed by atoms with Crippen molar-refractivity contribution in [1.82, 2.24) is 4.90 Å². The molecular weight excluding hydrogens is 473 g/mol. The quantitative estimate of drug-likeness (QED) is 0.145. The van der Waals surface area contributed by atoms with Crippen molar-refractivity contribution in [2.24, 2.45) is 0 Å². The second kappa shape index (κ2) is 12.7. The Balaban J connectivity index is 2.36. The molecule has 1 aromatic rings. The molecule has 2 rings (SSSR count). The van der Waals surface area contributed by atoms with Gasteiger partial charge in [-0.2, -0.15) is 0 Å². The van der Waals surface area contributed by atoms with E-state index in [4.69, 9.17) is 13.8 Å². The normalized spacial score (nSPS) is 15.6. The van der Waals surface area contributed by atoms with E-state index in [1.807, 2.05) is 51.3 Å². The summed E-state index contributed by atoms with van der Waals surface area (Å²) < 4.78 is 29.1. The molecule has 0 aliphatic carbocycles. The first-order chi connectivity index (χ1) is 16.0. The fourth-order valence-electron chi connectivity index (χ4n) is 3.55. The number of esters is 1. The standard InChI is InChI=1S/C25H36NO6PS/c1-8-30-33(29,31-9-2)12-10-26-11-13-34-23(25(26)28)16-20-14-21(17(3)4)24(32-19(7)27)22(15-20)18(5)6/h11,13-18H,8-10,12H2,1-7H3. The highest BCUT2D eigenvalue weighted by molar-refractivity contribution is 8.06. The summed E-state index contributed by atoms with van der Waals surface area (Å²) >= 11 is 1.34. The van der Waals surface area contributed by atoms with Gasteiger partial charge in [0.05, 0.1) is 24.3 Å². The number of carbonyl (C=O) groups is 2. The van der Waals surface area contributed by atoms with Gasteiger partial charge in [-0.25, -0.2) is 0 Å². The molecule has 1 heterocycles. The van der Waals surface area contributed by atoms with Crippen molar-refractivity contribution in [2.45, 2.75) is 60.3 Å². The molecule has 1 aliphatic rings. The molecule has 7 nitrogen and oxygen atoms in total. The molecule has 0 spiro atoms. The maximum atomic E-state index is 13.2. The average molecular weight is 510 g/mol. The summed E-state index contributed by atoms with van der Waals surface area (Å²) in [6.07, 6.45) is 3.66. The molecule has 0 saturated carbocycles.